The molecule has 0 aliphatic heterocycles. The van der Waals surface area contributed by atoms with Crippen LogP contribution in [0.25, 0.3) is 0 Å². The molecule has 0 saturated heterocycles. The molecule has 2 N–H and O–H groups in total. The van der Waals surface area contributed by atoms with Crippen molar-refractivity contribution >= 4 is 12.0 Å². The third-order valence-electron chi connectivity index (χ3n) is 4.01. The van der Waals surface area contributed by atoms with Crippen LogP contribution in [0.5, 0.6) is 0 Å². The van der Waals surface area contributed by atoms with E-state index >= 15 is 0 Å². The number of rotatable bonds is 6. The Balaban J connectivity index is 2.37. The zero-order chi connectivity index (χ0) is 15.2. The summed E-state index contributed by atoms with van der Waals surface area (Å²) >= 11 is 0. The van der Waals surface area contributed by atoms with E-state index in [-0.39, 0.29) is 12.5 Å². The molecule has 0 unspecified atom stereocenters. The molecule has 2 amide bonds. The SMILES string of the molecule is CN(CC1CCCCC1)C(=O)NC(C)(C)CCC(=O)O. The van der Waals surface area contributed by atoms with Crippen LogP contribution in [-0.4, -0.2) is 41.1 Å². The van der Waals surface area contributed by atoms with E-state index in [2.05, 4.69) is 5.32 Å². The molecule has 0 aromatic rings. The van der Waals surface area contributed by atoms with Crippen molar-refractivity contribution < 1.29 is 14.7 Å². The smallest absolute Gasteiger partial charge is 0.317 e. The maximum atomic E-state index is 12.1. The summed E-state index contributed by atoms with van der Waals surface area (Å²) in [7, 11) is 1.82. The van der Waals surface area contributed by atoms with E-state index in [1.807, 2.05) is 20.9 Å². The summed E-state index contributed by atoms with van der Waals surface area (Å²) in [6.07, 6.45) is 6.77. The average molecular weight is 284 g/mol. The van der Waals surface area contributed by atoms with Crippen LogP contribution >= 0.6 is 0 Å². The lowest BCUT2D eigenvalue weighted by molar-refractivity contribution is -0.137. The first kappa shape index (κ1) is 16.8. The molecule has 0 atom stereocenters. The van der Waals surface area contributed by atoms with Gasteiger partial charge in [-0.15, -0.1) is 0 Å². The van der Waals surface area contributed by atoms with E-state index in [9.17, 15) is 9.59 Å². The summed E-state index contributed by atoms with van der Waals surface area (Å²) in [6.45, 7) is 4.52. The topological polar surface area (TPSA) is 69.6 Å². The number of carboxylic acids is 1. The Bertz CT molecular complexity index is 336. The fourth-order valence-electron chi connectivity index (χ4n) is 2.71. The number of aliphatic carboxylic acids is 1. The van der Waals surface area contributed by atoms with Gasteiger partial charge in [0.15, 0.2) is 0 Å². The number of hydrogen-bond acceptors (Lipinski definition) is 2. The Morgan fingerprint density at radius 3 is 2.40 bits per heavy atom. The van der Waals surface area contributed by atoms with Gasteiger partial charge in [0.2, 0.25) is 0 Å². The molecule has 1 fully saturated rings. The number of nitrogens with zero attached hydrogens (tertiary/aromatic N) is 1. The number of hydrogen-bond donors (Lipinski definition) is 2. The molecule has 1 aliphatic carbocycles. The Morgan fingerprint density at radius 2 is 1.85 bits per heavy atom. The lowest BCUT2D eigenvalue weighted by Crippen LogP contribution is -2.50. The number of nitrogens with one attached hydrogen (secondary N) is 1. The predicted octanol–water partition coefficient (Wildman–Crippen LogP) is 2.85. The van der Waals surface area contributed by atoms with Crippen LogP contribution in [0, 0.1) is 5.92 Å². The van der Waals surface area contributed by atoms with Gasteiger partial charge in [0.1, 0.15) is 0 Å². The van der Waals surface area contributed by atoms with E-state index in [1.54, 1.807) is 4.90 Å². The Morgan fingerprint density at radius 1 is 1.25 bits per heavy atom. The van der Waals surface area contributed by atoms with Gasteiger partial charge in [-0.1, -0.05) is 19.3 Å². The van der Waals surface area contributed by atoms with Crippen LogP contribution in [0.1, 0.15) is 58.8 Å². The number of carbonyl (C=O) groups is 2. The number of urea groups is 1. The molecule has 0 bridgehead atoms. The predicted molar refractivity (Wildman–Crippen MR) is 78.7 cm³/mol. The summed E-state index contributed by atoms with van der Waals surface area (Å²) < 4.78 is 0. The monoisotopic (exact) mass is 284 g/mol. The second-order valence-corrected chi connectivity index (χ2v) is 6.59. The van der Waals surface area contributed by atoms with Crippen LogP contribution in [0.15, 0.2) is 0 Å². The standard InChI is InChI=1S/C15H28N2O3/c1-15(2,10-9-13(18)19)16-14(20)17(3)11-12-7-5-4-6-8-12/h12H,4-11H2,1-3H3,(H,16,20)(H,18,19). The van der Waals surface area contributed by atoms with Gasteiger partial charge in [0.05, 0.1) is 0 Å². The Labute approximate surface area is 121 Å². The van der Waals surface area contributed by atoms with Crippen molar-refractivity contribution in [2.75, 3.05) is 13.6 Å². The van der Waals surface area contributed by atoms with E-state index in [4.69, 9.17) is 5.11 Å². The van der Waals surface area contributed by atoms with Gasteiger partial charge in [-0.25, -0.2) is 4.79 Å². The third kappa shape index (κ3) is 6.26. The first-order valence-corrected chi connectivity index (χ1v) is 7.55. The fraction of sp³-hybridized carbons (Fsp3) is 0.867. The molecular formula is C15H28N2O3. The summed E-state index contributed by atoms with van der Waals surface area (Å²) in [4.78, 5) is 24.5. The molecule has 5 nitrogen and oxygen atoms in total. The molecule has 1 aliphatic rings. The molecule has 1 rings (SSSR count). The average Bonchev–Trinajstić information content (AvgIpc) is 2.37. The van der Waals surface area contributed by atoms with Gasteiger partial charge < -0.3 is 15.3 Å². The van der Waals surface area contributed by atoms with Crippen molar-refractivity contribution in [1.82, 2.24) is 10.2 Å². The highest BCUT2D eigenvalue weighted by atomic mass is 16.4. The quantitative estimate of drug-likeness (QED) is 0.788. The summed E-state index contributed by atoms with van der Waals surface area (Å²) in [5, 5.41) is 11.6. The number of amides is 2. The minimum Gasteiger partial charge on any atom is -0.481 e. The zero-order valence-corrected chi connectivity index (χ0v) is 12.9. The Kier molecular flexibility index (Phi) is 6.30. The second-order valence-electron chi connectivity index (χ2n) is 6.59. The Hall–Kier alpha value is -1.26. The van der Waals surface area contributed by atoms with E-state index in [0.29, 0.717) is 12.3 Å². The fourth-order valence-corrected chi connectivity index (χ4v) is 2.71. The zero-order valence-electron chi connectivity index (χ0n) is 12.9. The van der Waals surface area contributed by atoms with Crippen LogP contribution in [0.4, 0.5) is 4.79 Å². The van der Waals surface area contributed by atoms with Gasteiger partial charge in [-0.05, 0) is 39.0 Å². The maximum Gasteiger partial charge on any atom is 0.317 e. The highest BCUT2D eigenvalue weighted by molar-refractivity contribution is 5.75. The molecule has 5 heteroatoms. The highest BCUT2D eigenvalue weighted by Gasteiger charge is 2.24. The van der Waals surface area contributed by atoms with Crippen LogP contribution in [-0.2, 0) is 4.79 Å². The number of carbonyl (C=O) groups excluding carboxylic acids is 1. The molecular weight excluding hydrogens is 256 g/mol. The van der Waals surface area contributed by atoms with Gasteiger partial charge in [-0.2, -0.15) is 0 Å². The highest BCUT2D eigenvalue weighted by Crippen LogP contribution is 2.24. The molecule has 0 radical (unpaired) electrons. The summed E-state index contributed by atoms with van der Waals surface area (Å²) in [5.41, 5.74) is -0.490. The largest absolute Gasteiger partial charge is 0.481 e. The van der Waals surface area contributed by atoms with Crippen molar-refractivity contribution in [3.8, 4) is 0 Å². The third-order valence-corrected chi connectivity index (χ3v) is 4.01. The minimum absolute atomic E-state index is 0.0691. The molecule has 1 saturated carbocycles. The first-order valence-electron chi connectivity index (χ1n) is 7.55. The van der Waals surface area contributed by atoms with E-state index in [1.165, 1.54) is 32.1 Å². The maximum absolute atomic E-state index is 12.1. The molecule has 0 heterocycles. The second kappa shape index (κ2) is 7.50. The first-order chi connectivity index (χ1) is 9.30. The van der Waals surface area contributed by atoms with Crippen molar-refractivity contribution in [2.45, 2.75) is 64.3 Å². The van der Waals surface area contributed by atoms with Gasteiger partial charge in [-0.3, -0.25) is 4.79 Å². The van der Waals surface area contributed by atoms with Crippen molar-refractivity contribution in [3.05, 3.63) is 0 Å². The van der Waals surface area contributed by atoms with Crippen LogP contribution in [0.3, 0.4) is 0 Å². The minimum atomic E-state index is -0.831. The van der Waals surface area contributed by atoms with Gasteiger partial charge >= 0.3 is 12.0 Å². The van der Waals surface area contributed by atoms with E-state index < -0.39 is 11.5 Å². The van der Waals surface area contributed by atoms with Crippen molar-refractivity contribution in [2.24, 2.45) is 5.92 Å². The van der Waals surface area contributed by atoms with Gasteiger partial charge in [0, 0.05) is 25.6 Å². The van der Waals surface area contributed by atoms with E-state index in [0.717, 1.165) is 6.54 Å². The lowest BCUT2D eigenvalue weighted by atomic mass is 9.89. The number of carboxylic acid groups (broad SMARTS) is 1. The van der Waals surface area contributed by atoms with Crippen LogP contribution in [0.2, 0.25) is 0 Å². The van der Waals surface area contributed by atoms with Crippen molar-refractivity contribution in [3.63, 3.8) is 0 Å². The normalized spacial score (nSPS) is 16.8. The molecule has 0 aromatic carbocycles. The molecule has 0 spiro atoms. The molecule has 116 valence electrons. The van der Waals surface area contributed by atoms with Crippen LogP contribution < -0.4 is 5.32 Å². The van der Waals surface area contributed by atoms with Gasteiger partial charge in [0.25, 0.3) is 0 Å². The molecule has 20 heavy (non-hydrogen) atoms. The van der Waals surface area contributed by atoms with Crippen molar-refractivity contribution in [1.29, 1.82) is 0 Å². The lowest BCUT2D eigenvalue weighted by Gasteiger charge is -2.31. The summed E-state index contributed by atoms with van der Waals surface area (Å²) in [6, 6.07) is -0.106. The molecule has 0 aromatic heterocycles. The summed E-state index contributed by atoms with van der Waals surface area (Å²) in [5.74, 6) is -0.218.